The highest BCUT2D eigenvalue weighted by Crippen LogP contribution is 2.51. The van der Waals surface area contributed by atoms with Gasteiger partial charge in [-0.25, -0.2) is 8.78 Å². The molecular weight excluding hydrogens is 1290 g/mol. The number of esters is 2. The monoisotopic (exact) mass is 1390 g/mol. The Morgan fingerprint density at radius 2 is 0.931 bits per heavy atom. The van der Waals surface area contributed by atoms with E-state index in [4.69, 9.17) is 28.4 Å². The van der Waals surface area contributed by atoms with E-state index >= 15 is 8.78 Å². The van der Waals surface area contributed by atoms with E-state index in [1.54, 1.807) is 0 Å². The van der Waals surface area contributed by atoms with Crippen LogP contribution in [0.4, 0.5) is 8.78 Å². The van der Waals surface area contributed by atoms with E-state index < -0.39 is 70.4 Å². The zero-order valence-electron chi connectivity index (χ0n) is 59.8. The van der Waals surface area contributed by atoms with Crippen LogP contribution in [-0.4, -0.2) is 86.2 Å². The zero-order valence-corrected chi connectivity index (χ0v) is 59.8. The van der Waals surface area contributed by atoms with Gasteiger partial charge in [0.25, 0.3) is 11.8 Å². The molecule has 0 aromatic heterocycles. The number of hydrogen-bond acceptors (Lipinski definition) is 12. The molecule has 0 spiro atoms. The molecule has 0 aliphatic heterocycles. The first-order valence-corrected chi connectivity index (χ1v) is 36.9. The molecule has 8 aliphatic rings. The first-order chi connectivity index (χ1) is 48.9. The summed E-state index contributed by atoms with van der Waals surface area (Å²) in [5, 5.41) is 17.3. The van der Waals surface area contributed by atoms with E-state index in [-0.39, 0.29) is 124 Å². The largest absolute Gasteiger partial charge is 0.496 e. The Bertz CT molecular complexity index is 4310. The zero-order chi connectivity index (χ0) is 71.6. The van der Waals surface area contributed by atoms with Gasteiger partial charge in [-0.2, -0.15) is 0 Å². The van der Waals surface area contributed by atoms with Crippen molar-refractivity contribution in [3.8, 4) is 23.0 Å². The predicted molar refractivity (Wildman–Crippen MR) is 384 cm³/mol. The molecule has 6 aromatic rings. The van der Waals surface area contributed by atoms with Crippen molar-refractivity contribution in [2.75, 3.05) is 14.2 Å². The number of amides is 4. The second kappa shape index (κ2) is 28.1. The van der Waals surface area contributed by atoms with Gasteiger partial charge in [-0.05, 0) is 195 Å². The fraction of sp³-hybridized carbons (Fsp3) is 0.500. The summed E-state index contributed by atoms with van der Waals surface area (Å²) in [7, 11) is 2.77. The Hall–Kier alpha value is -8.80. The van der Waals surface area contributed by atoms with E-state index in [1.807, 2.05) is 74.5 Å². The van der Waals surface area contributed by atoms with Gasteiger partial charge in [-0.15, -0.1) is 0 Å². The number of ether oxygens (including phenoxy) is 6. The normalized spacial score (nSPS) is 30.0. The van der Waals surface area contributed by atoms with E-state index in [0.29, 0.717) is 64.2 Å². The van der Waals surface area contributed by atoms with Gasteiger partial charge in [-0.3, -0.25) is 28.8 Å². The number of carbonyl (C=O) groups excluding carboxylic acids is 6. The number of carbonyl (C=O) groups is 6. The third kappa shape index (κ3) is 13.8. The maximum Gasteiger partial charge on any atom is 0.312 e. The number of rotatable bonds is 21. The Labute approximate surface area is 596 Å². The molecule has 6 fully saturated rings. The number of hydrogen-bond donors (Lipinski definition) is 4. The number of benzene rings is 6. The van der Waals surface area contributed by atoms with Crippen molar-refractivity contribution >= 4 is 57.1 Å². The van der Waals surface area contributed by atoms with Gasteiger partial charge in [0.15, 0.2) is 23.1 Å². The summed E-state index contributed by atoms with van der Waals surface area (Å²) < 4.78 is 67.5. The van der Waals surface area contributed by atoms with Crippen molar-refractivity contribution in [1.82, 2.24) is 21.3 Å². The molecule has 102 heavy (non-hydrogen) atoms. The molecule has 11 atom stereocenters. The lowest BCUT2D eigenvalue weighted by Crippen LogP contribution is -2.52. The van der Waals surface area contributed by atoms with Crippen LogP contribution in [0.25, 0.3) is 21.5 Å². The quantitative estimate of drug-likeness (QED) is 0.0392. The fourth-order valence-electron chi connectivity index (χ4n) is 18.6. The van der Waals surface area contributed by atoms with E-state index in [2.05, 4.69) is 91.5 Å². The summed E-state index contributed by atoms with van der Waals surface area (Å²) in [5.41, 5.74) is 1.27. The second-order valence-corrected chi connectivity index (χ2v) is 32.4. The van der Waals surface area contributed by atoms with E-state index in [9.17, 15) is 28.8 Å². The van der Waals surface area contributed by atoms with E-state index in [1.165, 1.54) is 26.4 Å². The summed E-state index contributed by atoms with van der Waals surface area (Å²) in [6.07, 6.45) is 17.1. The molecule has 0 radical (unpaired) electrons. The van der Waals surface area contributed by atoms with Crippen molar-refractivity contribution in [3.05, 3.63) is 167 Å². The third-order valence-electron chi connectivity index (χ3n) is 25.0. The van der Waals surface area contributed by atoms with Crippen LogP contribution in [0.1, 0.15) is 181 Å². The lowest BCUT2D eigenvalue weighted by molar-refractivity contribution is -0.160. The molecule has 1 unspecified atom stereocenters. The van der Waals surface area contributed by atoms with Gasteiger partial charge in [0.1, 0.15) is 24.7 Å². The first kappa shape index (κ1) is 70.2. The highest BCUT2D eigenvalue weighted by atomic mass is 19.1. The van der Waals surface area contributed by atoms with Crippen LogP contribution in [0.3, 0.4) is 0 Å². The van der Waals surface area contributed by atoms with Crippen LogP contribution in [0, 0.1) is 68.8 Å². The second-order valence-electron chi connectivity index (χ2n) is 32.4. The van der Waals surface area contributed by atoms with Gasteiger partial charge < -0.3 is 49.7 Å². The SMILES string of the molecule is COc1cc(F)c(OC2CCC(C)(C(=O)OCc3cccc4c(C5C[C@@H](NC(=O)[C@@H]6[C@H](NC(=O)c7cc(OC8CCC(C)(C(=O)OCc9cccc%10ccccc9%10)CC8)c(F)cc7OC)[C@H]7C=C[C@@H]6C7)C(C)(C)C5)cccc34)CC2)cc1C(=O)N[C@H]1[C@@H](C(=O)N[C@H]2CCCC2(C)C)[C@@H]2C=C[C@H]1C2. The molecule has 18 heteroatoms. The fourth-order valence-corrected chi connectivity index (χ4v) is 18.6. The Morgan fingerprint density at radius 3 is 1.45 bits per heavy atom. The Kier molecular flexibility index (Phi) is 19.4. The number of fused-ring (bicyclic) bond motifs is 6. The molecular formula is C84H96F2N4O12. The molecule has 4 amide bonds. The summed E-state index contributed by atoms with van der Waals surface area (Å²) >= 11 is 0. The summed E-state index contributed by atoms with van der Waals surface area (Å²) in [6.45, 7) is 12.8. The predicted octanol–water partition coefficient (Wildman–Crippen LogP) is 15.1. The molecule has 6 saturated carbocycles. The van der Waals surface area contributed by atoms with Crippen LogP contribution in [0.5, 0.6) is 23.0 Å². The number of nitrogens with one attached hydrogen (secondary N) is 4. The average Bonchev–Trinajstić information content (AvgIpc) is 1.61. The average molecular weight is 1390 g/mol. The number of halogens is 2. The molecule has 8 aliphatic carbocycles. The minimum absolute atomic E-state index is 0.00182. The van der Waals surface area contributed by atoms with Crippen molar-refractivity contribution in [2.45, 2.75) is 193 Å². The molecule has 6 aromatic carbocycles. The molecule has 16 nitrogen and oxygen atoms in total. The van der Waals surface area contributed by atoms with E-state index in [0.717, 1.165) is 82.5 Å². The van der Waals surface area contributed by atoms with Crippen LogP contribution in [0.15, 0.2) is 127 Å². The summed E-state index contributed by atoms with van der Waals surface area (Å²) in [4.78, 5) is 85.1. The summed E-state index contributed by atoms with van der Waals surface area (Å²) in [6, 6.07) is 30.3. The molecule has 0 heterocycles. The summed E-state index contributed by atoms with van der Waals surface area (Å²) in [5.74, 6) is -4.26. The standard InChI is InChI=1S/C84H96F2N4O12/c1-81(2)32-14-23-69(81)87-77(93)71-48-24-26-50(37-48)73(71)89-75(91)61-40-67(63(85)42-65(61)97-7)102-56-30-35-84(6,36-31-56)80(96)100-46-53-18-12-22-60-58(53)20-13-21-59(60)54-39-70(82(3,4)44-54)88-78(94)72-49-25-27-51(38-49)74(72)90-76(92)62-41-68(64(86)43-66(62)98-8)101-55-28-33-83(5,34-29-55)79(95)99-45-52-17-11-16-47-15-9-10-19-57(47)52/h9-13,15-22,24-27,40-43,48-51,54-56,69-74H,14,23,28-39,44-46H2,1-8H3,(H,87,93)(H,88,94)(H,89,91)(H,90,92)/t48-,49-,50+,51+,54?,55?,56?,69+,70-,71+,72+,73-,74-,83?,84?/m1/s1. The third-order valence-corrected chi connectivity index (χ3v) is 25.0. The van der Waals surface area contributed by atoms with Crippen LogP contribution in [0.2, 0.25) is 0 Å². The minimum Gasteiger partial charge on any atom is -0.496 e. The number of allylic oxidation sites excluding steroid dienone is 2. The van der Waals surface area contributed by atoms with Crippen molar-refractivity contribution in [3.63, 3.8) is 0 Å². The van der Waals surface area contributed by atoms with Crippen LogP contribution in [-0.2, 0) is 41.9 Å². The molecule has 4 bridgehead atoms. The molecule has 0 saturated heterocycles. The van der Waals surface area contributed by atoms with Gasteiger partial charge in [0.2, 0.25) is 11.8 Å². The van der Waals surface area contributed by atoms with Crippen LogP contribution >= 0.6 is 0 Å². The lowest BCUT2D eigenvalue weighted by Gasteiger charge is -2.35. The van der Waals surface area contributed by atoms with Gasteiger partial charge in [0.05, 0.1) is 60.2 Å². The molecule has 4 N–H and O–H groups in total. The van der Waals surface area contributed by atoms with Gasteiger partial charge in [-0.1, -0.05) is 137 Å². The van der Waals surface area contributed by atoms with Gasteiger partial charge >= 0.3 is 11.9 Å². The maximum atomic E-state index is 15.9. The van der Waals surface area contributed by atoms with Crippen molar-refractivity contribution < 1.29 is 66.0 Å². The first-order valence-electron chi connectivity index (χ1n) is 36.9. The number of methoxy groups -OCH3 is 2. The highest BCUT2D eigenvalue weighted by Gasteiger charge is 2.53. The molecule has 14 rings (SSSR count). The molecule has 538 valence electrons. The van der Waals surface area contributed by atoms with Gasteiger partial charge in [0, 0.05) is 36.3 Å². The minimum atomic E-state index is -0.822. The lowest BCUT2D eigenvalue weighted by atomic mass is 9.74. The topological polar surface area (TPSA) is 206 Å². The van der Waals surface area contributed by atoms with Crippen molar-refractivity contribution in [2.24, 2.45) is 57.2 Å². The highest BCUT2D eigenvalue weighted by molar-refractivity contribution is 5.99. The Balaban J connectivity index is 0.572. The van der Waals surface area contributed by atoms with Crippen LogP contribution < -0.4 is 40.2 Å². The van der Waals surface area contributed by atoms with Crippen molar-refractivity contribution in [1.29, 1.82) is 0 Å². The maximum absolute atomic E-state index is 15.9. The smallest absolute Gasteiger partial charge is 0.312 e. The Morgan fingerprint density at radius 1 is 0.471 bits per heavy atom.